The number of imidazole rings is 1. The zero-order valence-electron chi connectivity index (χ0n) is 14.1. The molecule has 2 aliphatic heterocycles. The van der Waals surface area contributed by atoms with Crippen LogP contribution in [0.1, 0.15) is 16.4 Å². The number of fused-ring (bicyclic) bond motifs is 2. The zero-order chi connectivity index (χ0) is 18.4. The van der Waals surface area contributed by atoms with Gasteiger partial charge in [-0.3, -0.25) is 4.79 Å². The molecule has 1 aromatic heterocycles. The van der Waals surface area contributed by atoms with Crippen molar-refractivity contribution in [3.63, 3.8) is 0 Å². The van der Waals surface area contributed by atoms with E-state index in [9.17, 15) is 9.18 Å². The third-order valence-electron chi connectivity index (χ3n) is 4.54. The summed E-state index contributed by atoms with van der Waals surface area (Å²) in [5, 5.41) is 3.68. The van der Waals surface area contributed by atoms with Crippen LogP contribution in [-0.2, 0) is 4.79 Å². The maximum absolute atomic E-state index is 13.4. The van der Waals surface area contributed by atoms with Crippen molar-refractivity contribution in [3.05, 3.63) is 71.8 Å². The molecule has 7 heteroatoms. The first-order chi connectivity index (χ1) is 13.2. The van der Waals surface area contributed by atoms with E-state index in [0.29, 0.717) is 11.4 Å². The van der Waals surface area contributed by atoms with E-state index in [4.69, 9.17) is 4.74 Å². The van der Waals surface area contributed by atoms with Crippen LogP contribution < -0.4 is 10.1 Å². The number of halogens is 1. The first-order valence-corrected chi connectivity index (χ1v) is 9.29. The highest BCUT2D eigenvalue weighted by molar-refractivity contribution is 7.99. The molecule has 2 aromatic carbocycles. The first-order valence-electron chi connectivity index (χ1n) is 8.41. The predicted octanol–water partition coefficient (Wildman–Crippen LogP) is 4.20. The van der Waals surface area contributed by atoms with Gasteiger partial charge in [-0.1, -0.05) is 30.0 Å². The number of nitrogens with one attached hydrogen (secondary N) is 1. The lowest BCUT2D eigenvalue weighted by atomic mass is 9.97. The molecule has 0 saturated carbocycles. The number of ether oxygens (including phenoxy) is 1. The molecule has 1 atom stereocenters. The van der Waals surface area contributed by atoms with Gasteiger partial charge in [0.05, 0.1) is 10.9 Å². The number of hydrogen-bond acceptors (Lipinski definition) is 4. The quantitative estimate of drug-likeness (QED) is 0.725. The monoisotopic (exact) mass is 379 g/mol. The molecule has 1 N–H and O–H groups in total. The fraction of sp³-hybridized carbons (Fsp3) is 0.100. The third-order valence-corrected chi connectivity index (χ3v) is 5.82. The molecule has 3 aromatic rings. The van der Waals surface area contributed by atoms with Crippen molar-refractivity contribution >= 4 is 35.1 Å². The van der Waals surface area contributed by atoms with E-state index in [1.165, 1.54) is 12.1 Å². The van der Waals surface area contributed by atoms with E-state index >= 15 is 0 Å². The molecule has 1 unspecified atom stereocenters. The van der Waals surface area contributed by atoms with Crippen LogP contribution in [0.2, 0.25) is 0 Å². The van der Waals surface area contributed by atoms with Gasteiger partial charge >= 0.3 is 0 Å². The minimum Gasteiger partial charge on any atom is -0.482 e. The summed E-state index contributed by atoms with van der Waals surface area (Å²) in [4.78, 5) is 16.0. The highest BCUT2D eigenvalue weighted by Crippen LogP contribution is 2.48. The Kier molecular flexibility index (Phi) is 3.75. The van der Waals surface area contributed by atoms with Gasteiger partial charge in [-0.25, -0.2) is 9.37 Å². The highest BCUT2D eigenvalue weighted by Gasteiger charge is 2.27. The molecule has 5 nitrogen and oxygen atoms in total. The van der Waals surface area contributed by atoms with Crippen molar-refractivity contribution in [2.45, 2.75) is 10.4 Å². The molecule has 2 aliphatic rings. The SMILES string of the molecule is O=C1COc2ccc(C3=Cn4ccnc4SC3c3ccc(F)cc3)cc2N1. The fourth-order valence-electron chi connectivity index (χ4n) is 3.25. The summed E-state index contributed by atoms with van der Waals surface area (Å²) in [6, 6.07) is 12.3. The Hall–Kier alpha value is -3.06. The third kappa shape index (κ3) is 2.90. The van der Waals surface area contributed by atoms with Gasteiger partial charge in [-0.15, -0.1) is 0 Å². The molecule has 0 aliphatic carbocycles. The molecule has 0 fully saturated rings. The van der Waals surface area contributed by atoms with Crippen molar-refractivity contribution < 1.29 is 13.9 Å². The lowest BCUT2D eigenvalue weighted by Gasteiger charge is -2.26. The molecule has 0 bridgehead atoms. The van der Waals surface area contributed by atoms with Crippen LogP contribution in [0.5, 0.6) is 5.75 Å². The predicted molar refractivity (Wildman–Crippen MR) is 102 cm³/mol. The largest absolute Gasteiger partial charge is 0.482 e. The number of carbonyl (C=O) groups is 1. The van der Waals surface area contributed by atoms with E-state index in [1.807, 2.05) is 35.2 Å². The fourth-order valence-corrected chi connectivity index (χ4v) is 4.43. The van der Waals surface area contributed by atoms with E-state index in [2.05, 4.69) is 10.3 Å². The Morgan fingerprint density at radius 2 is 2.07 bits per heavy atom. The summed E-state index contributed by atoms with van der Waals surface area (Å²) in [6.07, 6.45) is 5.68. The second-order valence-electron chi connectivity index (χ2n) is 6.30. The van der Waals surface area contributed by atoms with Crippen molar-refractivity contribution in [2.75, 3.05) is 11.9 Å². The molecule has 27 heavy (non-hydrogen) atoms. The molecule has 0 saturated heterocycles. The highest BCUT2D eigenvalue weighted by atomic mass is 32.2. The van der Waals surface area contributed by atoms with Gasteiger partial charge in [-0.2, -0.15) is 0 Å². The number of rotatable bonds is 2. The Labute approximate surface area is 158 Å². The van der Waals surface area contributed by atoms with Gasteiger partial charge in [0, 0.05) is 18.6 Å². The van der Waals surface area contributed by atoms with Gasteiger partial charge in [0.25, 0.3) is 5.91 Å². The number of carbonyl (C=O) groups excluding carboxylic acids is 1. The molecule has 5 rings (SSSR count). The second kappa shape index (κ2) is 6.28. The Morgan fingerprint density at radius 1 is 1.22 bits per heavy atom. The van der Waals surface area contributed by atoms with Crippen molar-refractivity contribution in [3.8, 4) is 5.75 Å². The van der Waals surface area contributed by atoms with Crippen molar-refractivity contribution in [1.29, 1.82) is 0 Å². The topological polar surface area (TPSA) is 56.2 Å². The second-order valence-corrected chi connectivity index (χ2v) is 7.37. The summed E-state index contributed by atoms with van der Waals surface area (Å²) in [5.74, 6) is 0.225. The van der Waals surface area contributed by atoms with Gasteiger partial charge in [0.2, 0.25) is 0 Å². The molecule has 134 valence electrons. The minimum absolute atomic E-state index is 0.0293. The van der Waals surface area contributed by atoms with Gasteiger partial charge in [0.15, 0.2) is 11.8 Å². The average molecular weight is 379 g/mol. The number of hydrogen-bond donors (Lipinski definition) is 1. The van der Waals surface area contributed by atoms with Crippen LogP contribution in [0, 0.1) is 5.82 Å². The maximum atomic E-state index is 13.4. The smallest absolute Gasteiger partial charge is 0.262 e. The molecular formula is C20H14FN3O2S. The number of anilines is 1. The average Bonchev–Trinajstić information content (AvgIpc) is 3.14. The van der Waals surface area contributed by atoms with E-state index in [-0.39, 0.29) is 23.6 Å². The van der Waals surface area contributed by atoms with Crippen LogP contribution in [0.4, 0.5) is 10.1 Å². The molecule has 0 spiro atoms. The summed E-state index contributed by atoms with van der Waals surface area (Å²) in [5.41, 5.74) is 3.64. The normalized spacial score (nSPS) is 18.0. The first kappa shape index (κ1) is 16.1. The number of nitrogens with zero attached hydrogens (tertiary/aromatic N) is 2. The van der Waals surface area contributed by atoms with Crippen LogP contribution in [0.3, 0.4) is 0 Å². The zero-order valence-corrected chi connectivity index (χ0v) is 14.9. The lowest BCUT2D eigenvalue weighted by molar-refractivity contribution is -0.118. The summed E-state index contributed by atoms with van der Waals surface area (Å²) >= 11 is 1.61. The standard InChI is InChI=1S/C20H14FN3O2S/c21-14-4-1-12(2-5-14)19-15(10-24-8-7-22-20(24)27-19)13-3-6-17-16(9-13)23-18(25)11-26-17/h1-10,19H,11H2,(H,23,25). The van der Waals surface area contributed by atoms with E-state index < -0.39 is 0 Å². The summed E-state index contributed by atoms with van der Waals surface area (Å²) in [7, 11) is 0. The molecular weight excluding hydrogens is 365 g/mol. The number of benzene rings is 2. The number of amides is 1. The Balaban J connectivity index is 1.62. The molecule has 0 radical (unpaired) electrons. The van der Waals surface area contributed by atoms with E-state index in [1.54, 1.807) is 30.1 Å². The Bertz CT molecular complexity index is 1080. The van der Waals surface area contributed by atoms with Crippen LogP contribution >= 0.6 is 11.8 Å². The van der Waals surface area contributed by atoms with E-state index in [0.717, 1.165) is 21.9 Å². The van der Waals surface area contributed by atoms with Gasteiger partial charge < -0.3 is 14.6 Å². The minimum atomic E-state index is -0.264. The maximum Gasteiger partial charge on any atom is 0.262 e. The van der Waals surface area contributed by atoms with Gasteiger partial charge in [0.1, 0.15) is 11.6 Å². The summed E-state index contributed by atoms with van der Waals surface area (Å²) in [6.45, 7) is 0.0293. The summed E-state index contributed by atoms with van der Waals surface area (Å²) < 4.78 is 20.8. The van der Waals surface area contributed by atoms with Crippen molar-refractivity contribution in [1.82, 2.24) is 9.55 Å². The molecule has 1 amide bonds. The van der Waals surface area contributed by atoms with Crippen LogP contribution in [0.25, 0.3) is 11.8 Å². The molecule has 3 heterocycles. The number of thioether (sulfide) groups is 1. The number of aromatic nitrogens is 2. The lowest BCUT2D eigenvalue weighted by Crippen LogP contribution is -2.25. The van der Waals surface area contributed by atoms with Crippen LogP contribution in [-0.4, -0.2) is 22.1 Å². The van der Waals surface area contributed by atoms with Crippen molar-refractivity contribution in [2.24, 2.45) is 0 Å². The Morgan fingerprint density at radius 3 is 2.93 bits per heavy atom. The van der Waals surface area contributed by atoms with Gasteiger partial charge in [-0.05, 0) is 41.0 Å². The van der Waals surface area contributed by atoms with Crippen LogP contribution in [0.15, 0.2) is 60.0 Å².